The third kappa shape index (κ3) is 3.45. The molecule has 1 saturated heterocycles. The highest BCUT2D eigenvalue weighted by Gasteiger charge is 2.23. The van der Waals surface area contributed by atoms with Crippen LogP contribution in [0, 0.1) is 0 Å². The van der Waals surface area contributed by atoms with Crippen LogP contribution in [0.25, 0.3) is 0 Å². The Hall–Kier alpha value is -0.130. The highest BCUT2D eigenvalue weighted by Crippen LogP contribution is 2.24. The molecule has 18 heavy (non-hydrogen) atoms. The van der Waals surface area contributed by atoms with Crippen LogP contribution >= 0.6 is 27.5 Å². The summed E-state index contributed by atoms with van der Waals surface area (Å²) in [6, 6.07) is 6.58. The molecule has 2 N–H and O–H groups in total. The van der Waals surface area contributed by atoms with E-state index in [1.807, 2.05) is 12.1 Å². The molecule has 0 spiro atoms. The molecule has 1 atom stereocenters. The second-order valence-corrected chi connectivity index (χ2v) is 6.13. The lowest BCUT2D eigenvalue weighted by Crippen LogP contribution is -2.54. The number of benzene rings is 1. The minimum atomic E-state index is 0.436. The van der Waals surface area contributed by atoms with Crippen molar-refractivity contribution in [3.63, 3.8) is 0 Å². The minimum absolute atomic E-state index is 0.436. The van der Waals surface area contributed by atoms with Gasteiger partial charge in [0.2, 0.25) is 0 Å². The lowest BCUT2D eigenvalue weighted by molar-refractivity contribution is 0.0881. The summed E-state index contributed by atoms with van der Waals surface area (Å²) in [5.74, 6) is 0. The van der Waals surface area contributed by atoms with Gasteiger partial charge in [-0.2, -0.15) is 0 Å². The summed E-state index contributed by atoms with van der Waals surface area (Å²) in [5.41, 5.74) is 7.10. The molecule has 2 rings (SSSR count). The normalized spacial score (nSPS) is 22.3. The van der Waals surface area contributed by atoms with E-state index in [1.165, 1.54) is 5.56 Å². The van der Waals surface area contributed by atoms with E-state index in [4.69, 9.17) is 17.3 Å². The number of likely N-dealkylation sites (N-methyl/N-ethyl adjacent to an activating group) is 1. The zero-order chi connectivity index (χ0) is 13.1. The Kier molecular flexibility index (Phi) is 5.04. The molecule has 100 valence electrons. The van der Waals surface area contributed by atoms with Gasteiger partial charge < -0.3 is 10.6 Å². The molecular formula is C13H19BrClN3. The van der Waals surface area contributed by atoms with Crippen molar-refractivity contribution in [2.24, 2.45) is 5.73 Å². The van der Waals surface area contributed by atoms with E-state index in [2.05, 4.69) is 38.8 Å². The van der Waals surface area contributed by atoms with E-state index in [9.17, 15) is 0 Å². The fourth-order valence-electron chi connectivity index (χ4n) is 2.35. The van der Waals surface area contributed by atoms with Gasteiger partial charge in [-0.15, -0.1) is 0 Å². The number of piperazine rings is 1. The van der Waals surface area contributed by atoms with Crippen molar-refractivity contribution < 1.29 is 0 Å². The second kappa shape index (κ2) is 6.35. The third-order valence-electron chi connectivity index (χ3n) is 3.45. The van der Waals surface area contributed by atoms with E-state index in [-0.39, 0.29) is 0 Å². The Morgan fingerprint density at radius 3 is 2.89 bits per heavy atom. The van der Waals surface area contributed by atoms with Crippen LogP contribution in [0.1, 0.15) is 5.56 Å². The summed E-state index contributed by atoms with van der Waals surface area (Å²) < 4.78 is 0.946. The maximum Gasteiger partial charge on any atom is 0.0551 e. The van der Waals surface area contributed by atoms with Crippen molar-refractivity contribution in [1.29, 1.82) is 0 Å². The molecule has 0 bridgehead atoms. The molecule has 0 radical (unpaired) electrons. The van der Waals surface area contributed by atoms with Crippen LogP contribution in [-0.4, -0.2) is 49.1 Å². The quantitative estimate of drug-likeness (QED) is 0.921. The average Bonchev–Trinajstić information content (AvgIpc) is 2.36. The summed E-state index contributed by atoms with van der Waals surface area (Å²) in [6.07, 6.45) is 0. The summed E-state index contributed by atoms with van der Waals surface area (Å²) in [7, 11) is 2.15. The molecule has 0 saturated carbocycles. The number of hydrogen-bond donors (Lipinski definition) is 1. The molecule has 1 aromatic carbocycles. The summed E-state index contributed by atoms with van der Waals surface area (Å²) in [5, 5.41) is 0.769. The average molecular weight is 333 g/mol. The molecule has 0 aromatic heterocycles. The molecule has 5 heteroatoms. The van der Waals surface area contributed by atoms with Gasteiger partial charge in [0.05, 0.1) is 5.02 Å². The molecule has 1 aromatic rings. The van der Waals surface area contributed by atoms with Gasteiger partial charge in [-0.25, -0.2) is 0 Å². The Labute approximate surface area is 122 Å². The Morgan fingerprint density at radius 2 is 2.22 bits per heavy atom. The van der Waals surface area contributed by atoms with Crippen LogP contribution < -0.4 is 5.73 Å². The van der Waals surface area contributed by atoms with Crippen molar-refractivity contribution in [3.05, 3.63) is 33.3 Å². The number of halogens is 2. The molecule has 1 aliphatic rings. The van der Waals surface area contributed by atoms with E-state index >= 15 is 0 Å². The van der Waals surface area contributed by atoms with Gasteiger partial charge >= 0.3 is 0 Å². The molecule has 1 heterocycles. The topological polar surface area (TPSA) is 32.5 Å². The van der Waals surface area contributed by atoms with Crippen LogP contribution in [0.2, 0.25) is 5.02 Å². The summed E-state index contributed by atoms with van der Waals surface area (Å²) in [4.78, 5) is 4.78. The fraction of sp³-hybridized carbons (Fsp3) is 0.538. The van der Waals surface area contributed by atoms with Crippen LogP contribution in [0.5, 0.6) is 0 Å². The van der Waals surface area contributed by atoms with E-state index in [0.29, 0.717) is 12.6 Å². The second-order valence-electron chi connectivity index (χ2n) is 4.87. The van der Waals surface area contributed by atoms with Crippen LogP contribution in [0.3, 0.4) is 0 Å². The van der Waals surface area contributed by atoms with Gasteiger partial charge in [0.15, 0.2) is 0 Å². The number of nitrogens with zero attached hydrogens (tertiary/aromatic N) is 2. The van der Waals surface area contributed by atoms with E-state index in [1.54, 1.807) is 0 Å². The van der Waals surface area contributed by atoms with Crippen LogP contribution in [0.4, 0.5) is 0 Å². The van der Waals surface area contributed by atoms with Gasteiger partial charge in [-0.3, -0.25) is 4.90 Å². The van der Waals surface area contributed by atoms with Crippen molar-refractivity contribution in [2.45, 2.75) is 12.6 Å². The van der Waals surface area contributed by atoms with Gasteiger partial charge in [0, 0.05) is 43.2 Å². The lowest BCUT2D eigenvalue weighted by atomic mass is 10.1. The first-order valence-corrected chi connectivity index (χ1v) is 7.34. The standard InChI is InChI=1S/C13H19BrClN3/c1-17-4-5-18(11(7-16)9-17)8-10-2-3-12(14)13(15)6-10/h2-3,6,11H,4-5,7-9,16H2,1H3. The highest BCUT2D eigenvalue weighted by molar-refractivity contribution is 9.10. The fourth-order valence-corrected chi connectivity index (χ4v) is 2.80. The predicted octanol–water partition coefficient (Wildman–Crippen LogP) is 2.18. The summed E-state index contributed by atoms with van der Waals surface area (Å²) >= 11 is 9.54. The Balaban J connectivity index is 2.05. The van der Waals surface area contributed by atoms with Gasteiger partial charge in [-0.05, 0) is 40.7 Å². The molecule has 0 amide bonds. The molecule has 1 unspecified atom stereocenters. The van der Waals surface area contributed by atoms with Gasteiger partial charge in [-0.1, -0.05) is 17.7 Å². The molecule has 3 nitrogen and oxygen atoms in total. The molecular weight excluding hydrogens is 314 g/mol. The van der Waals surface area contributed by atoms with E-state index in [0.717, 1.165) is 35.7 Å². The third-order valence-corrected chi connectivity index (χ3v) is 4.68. The zero-order valence-corrected chi connectivity index (χ0v) is 12.9. The molecule has 1 aliphatic heterocycles. The largest absolute Gasteiger partial charge is 0.329 e. The van der Waals surface area contributed by atoms with E-state index < -0.39 is 0 Å². The number of hydrogen-bond acceptors (Lipinski definition) is 3. The lowest BCUT2D eigenvalue weighted by Gasteiger charge is -2.39. The van der Waals surface area contributed by atoms with Gasteiger partial charge in [0.25, 0.3) is 0 Å². The van der Waals surface area contributed by atoms with Crippen molar-refractivity contribution >= 4 is 27.5 Å². The Morgan fingerprint density at radius 1 is 1.44 bits per heavy atom. The van der Waals surface area contributed by atoms with Crippen LogP contribution in [0.15, 0.2) is 22.7 Å². The van der Waals surface area contributed by atoms with Crippen molar-refractivity contribution in [2.75, 3.05) is 33.2 Å². The number of rotatable bonds is 3. The molecule has 0 aliphatic carbocycles. The van der Waals surface area contributed by atoms with Gasteiger partial charge in [0.1, 0.15) is 0 Å². The maximum atomic E-state index is 6.13. The van der Waals surface area contributed by atoms with Crippen molar-refractivity contribution in [1.82, 2.24) is 9.80 Å². The predicted molar refractivity (Wildman–Crippen MR) is 79.9 cm³/mol. The minimum Gasteiger partial charge on any atom is -0.329 e. The zero-order valence-electron chi connectivity index (χ0n) is 10.6. The monoisotopic (exact) mass is 331 g/mol. The maximum absolute atomic E-state index is 6.13. The first-order valence-electron chi connectivity index (χ1n) is 6.16. The Bertz CT molecular complexity index is 413. The first-order chi connectivity index (χ1) is 8.60. The number of nitrogens with two attached hydrogens (primary N) is 1. The highest BCUT2D eigenvalue weighted by atomic mass is 79.9. The first kappa shape index (κ1) is 14.3. The van der Waals surface area contributed by atoms with Crippen LogP contribution in [-0.2, 0) is 6.54 Å². The summed E-state index contributed by atoms with van der Waals surface area (Å²) in [6.45, 7) is 4.82. The van der Waals surface area contributed by atoms with Crippen molar-refractivity contribution in [3.8, 4) is 0 Å². The molecule has 1 fully saturated rings. The smallest absolute Gasteiger partial charge is 0.0551 e. The SMILES string of the molecule is CN1CCN(Cc2ccc(Br)c(Cl)c2)C(CN)C1.